The smallest absolute Gasteiger partial charge is 0.295 e. The lowest BCUT2D eigenvalue weighted by Gasteiger charge is -2.25. The van der Waals surface area contributed by atoms with Crippen LogP contribution in [-0.4, -0.2) is 58.1 Å². The molecule has 1 atom stereocenters. The third-order valence-electron chi connectivity index (χ3n) is 5.00. The van der Waals surface area contributed by atoms with Crippen molar-refractivity contribution in [3.05, 3.63) is 80.9 Å². The molecule has 1 amide bonds. The Hall–Kier alpha value is -3.56. The Morgan fingerprint density at radius 1 is 1.10 bits per heavy atom. The lowest BCUT2D eigenvalue weighted by atomic mass is 9.94. The van der Waals surface area contributed by atoms with Gasteiger partial charge in [0, 0.05) is 24.2 Å². The molecule has 2 N–H and O–H groups in total. The maximum absolute atomic E-state index is 12.8. The SMILES string of the molecule is Cc1ccc(C2/C(=C(\O)c3ccc([N+](=O)[O-])cc3)C(=O)C(=O)N2CCOCCO)cc1. The summed E-state index contributed by atoms with van der Waals surface area (Å²) in [5, 5.41) is 30.6. The normalized spacial score (nSPS) is 17.9. The molecule has 0 aliphatic carbocycles. The molecule has 31 heavy (non-hydrogen) atoms. The Bertz CT molecular complexity index is 1010. The lowest BCUT2D eigenvalue weighted by Crippen LogP contribution is -2.33. The number of carbonyl (C=O) groups is 2. The fourth-order valence-corrected chi connectivity index (χ4v) is 3.43. The highest BCUT2D eigenvalue weighted by Gasteiger charge is 2.45. The molecule has 9 heteroatoms. The molecular weight excluding hydrogens is 404 g/mol. The van der Waals surface area contributed by atoms with Crippen molar-refractivity contribution in [1.82, 2.24) is 4.90 Å². The largest absolute Gasteiger partial charge is 0.507 e. The number of benzene rings is 2. The summed E-state index contributed by atoms with van der Waals surface area (Å²) in [6.45, 7) is 2.02. The fraction of sp³-hybridized carbons (Fsp3) is 0.273. The van der Waals surface area contributed by atoms with Crippen LogP contribution in [0.4, 0.5) is 5.69 Å². The van der Waals surface area contributed by atoms with Gasteiger partial charge in [-0.15, -0.1) is 0 Å². The number of aryl methyl sites for hydroxylation is 1. The van der Waals surface area contributed by atoms with Crippen molar-refractivity contribution in [2.45, 2.75) is 13.0 Å². The number of aliphatic hydroxyl groups is 2. The number of aliphatic hydroxyl groups excluding tert-OH is 2. The Kier molecular flexibility index (Phi) is 6.78. The molecule has 9 nitrogen and oxygen atoms in total. The zero-order valence-corrected chi connectivity index (χ0v) is 16.9. The highest BCUT2D eigenvalue weighted by atomic mass is 16.6. The van der Waals surface area contributed by atoms with Crippen LogP contribution in [-0.2, 0) is 14.3 Å². The van der Waals surface area contributed by atoms with Gasteiger partial charge in [0.05, 0.1) is 36.4 Å². The number of ketones is 1. The Morgan fingerprint density at radius 2 is 1.74 bits per heavy atom. The summed E-state index contributed by atoms with van der Waals surface area (Å²) in [4.78, 5) is 37.2. The van der Waals surface area contributed by atoms with E-state index in [2.05, 4.69) is 0 Å². The first-order valence-corrected chi connectivity index (χ1v) is 9.63. The first-order valence-electron chi connectivity index (χ1n) is 9.63. The molecule has 2 aromatic carbocycles. The van der Waals surface area contributed by atoms with E-state index in [4.69, 9.17) is 9.84 Å². The fourth-order valence-electron chi connectivity index (χ4n) is 3.43. The predicted molar refractivity (Wildman–Crippen MR) is 111 cm³/mol. The molecule has 0 aromatic heterocycles. The van der Waals surface area contributed by atoms with Gasteiger partial charge in [0.25, 0.3) is 17.4 Å². The Morgan fingerprint density at radius 3 is 2.32 bits per heavy atom. The van der Waals surface area contributed by atoms with E-state index >= 15 is 0 Å². The van der Waals surface area contributed by atoms with Gasteiger partial charge in [0.2, 0.25) is 0 Å². The van der Waals surface area contributed by atoms with Crippen LogP contribution in [0.1, 0.15) is 22.7 Å². The monoisotopic (exact) mass is 426 g/mol. The molecular formula is C22H22N2O7. The van der Waals surface area contributed by atoms with Gasteiger partial charge < -0.3 is 19.8 Å². The molecule has 3 rings (SSSR count). The van der Waals surface area contributed by atoms with E-state index < -0.39 is 28.4 Å². The van der Waals surface area contributed by atoms with Crippen molar-refractivity contribution < 1.29 is 29.5 Å². The minimum absolute atomic E-state index is 0.0835. The minimum atomic E-state index is -0.844. The Balaban J connectivity index is 2.05. The van der Waals surface area contributed by atoms with Gasteiger partial charge in [0.1, 0.15) is 5.76 Å². The number of nitrogens with zero attached hydrogens (tertiary/aromatic N) is 2. The highest BCUT2D eigenvalue weighted by Crippen LogP contribution is 2.39. The quantitative estimate of drug-likeness (QED) is 0.165. The molecule has 0 spiro atoms. The lowest BCUT2D eigenvalue weighted by molar-refractivity contribution is -0.384. The molecule has 1 unspecified atom stereocenters. The number of hydrogen-bond acceptors (Lipinski definition) is 7. The van der Waals surface area contributed by atoms with Crippen LogP contribution < -0.4 is 0 Å². The molecule has 1 saturated heterocycles. The van der Waals surface area contributed by atoms with Gasteiger partial charge >= 0.3 is 0 Å². The number of Topliss-reactive ketones (excluding diaryl/α,β-unsaturated/α-hetero) is 1. The molecule has 162 valence electrons. The van der Waals surface area contributed by atoms with E-state index in [0.717, 1.165) is 5.56 Å². The first kappa shape index (κ1) is 22.1. The Labute approximate surface area is 178 Å². The summed E-state index contributed by atoms with van der Waals surface area (Å²) >= 11 is 0. The number of ether oxygens (including phenoxy) is 1. The van der Waals surface area contributed by atoms with Gasteiger partial charge in [-0.2, -0.15) is 0 Å². The average Bonchev–Trinajstić information content (AvgIpc) is 3.01. The second-order valence-electron chi connectivity index (χ2n) is 7.04. The number of carbonyl (C=O) groups excluding carboxylic acids is 2. The van der Waals surface area contributed by atoms with E-state index in [9.17, 15) is 24.8 Å². The van der Waals surface area contributed by atoms with Crippen LogP contribution in [0.2, 0.25) is 0 Å². The molecule has 0 radical (unpaired) electrons. The zero-order valence-electron chi connectivity index (χ0n) is 16.9. The second kappa shape index (κ2) is 9.50. The molecule has 2 aromatic rings. The summed E-state index contributed by atoms with van der Waals surface area (Å²) < 4.78 is 5.25. The van der Waals surface area contributed by atoms with Gasteiger partial charge in [-0.25, -0.2) is 0 Å². The number of likely N-dealkylation sites (tertiary alicyclic amines) is 1. The van der Waals surface area contributed by atoms with Crippen molar-refractivity contribution in [3.8, 4) is 0 Å². The van der Waals surface area contributed by atoms with Crippen LogP contribution >= 0.6 is 0 Å². The van der Waals surface area contributed by atoms with Crippen molar-refractivity contribution in [1.29, 1.82) is 0 Å². The molecule has 0 saturated carbocycles. The van der Waals surface area contributed by atoms with Gasteiger partial charge in [-0.1, -0.05) is 29.8 Å². The molecule has 1 heterocycles. The standard InChI is InChI=1S/C22H22N2O7/c1-14-2-4-15(5-3-14)19-18(20(26)16-6-8-17(9-7-16)24(29)30)21(27)22(28)23(19)10-12-31-13-11-25/h2-9,19,25-26H,10-13H2,1H3/b20-18+. The maximum atomic E-state index is 12.8. The van der Waals surface area contributed by atoms with E-state index in [0.29, 0.717) is 5.56 Å². The van der Waals surface area contributed by atoms with Gasteiger partial charge in [-0.05, 0) is 24.6 Å². The van der Waals surface area contributed by atoms with Crippen LogP contribution in [0, 0.1) is 17.0 Å². The number of amides is 1. The summed E-state index contributed by atoms with van der Waals surface area (Å²) in [5.41, 5.74) is 1.56. The average molecular weight is 426 g/mol. The predicted octanol–water partition coefficient (Wildman–Crippen LogP) is 2.33. The zero-order chi connectivity index (χ0) is 22.5. The second-order valence-corrected chi connectivity index (χ2v) is 7.04. The van der Waals surface area contributed by atoms with Crippen LogP contribution in [0.25, 0.3) is 5.76 Å². The minimum Gasteiger partial charge on any atom is -0.507 e. The number of nitro groups is 1. The number of non-ortho nitro benzene ring substituents is 1. The number of hydrogen-bond donors (Lipinski definition) is 2. The van der Waals surface area contributed by atoms with Crippen molar-refractivity contribution in [3.63, 3.8) is 0 Å². The van der Waals surface area contributed by atoms with E-state index in [-0.39, 0.29) is 43.2 Å². The molecule has 1 aliphatic heterocycles. The summed E-state index contributed by atoms with van der Waals surface area (Å²) in [6.07, 6.45) is 0. The maximum Gasteiger partial charge on any atom is 0.295 e. The van der Waals surface area contributed by atoms with E-state index in [1.807, 2.05) is 19.1 Å². The van der Waals surface area contributed by atoms with E-state index in [1.54, 1.807) is 12.1 Å². The van der Waals surface area contributed by atoms with Crippen molar-refractivity contribution in [2.75, 3.05) is 26.4 Å². The topological polar surface area (TPSA) is 130 Å². The van der Waals surface area contributed by atoms with Crippen LogP contribution in [0.3, 0.4) is 0 Å². The first-order chi connectivity index (χ1) is 14.8. The summed E-state index contributed by atoms with van der Waals surface area (Å²) in [5.74, 6) is -2.03. The third-order valence-corrected chi connectivity index (χ3v) is 5.00. The summed E-state index contributed by atoms with van der Waals surface area (Å²) in [6, 6.07) is 11.5. The van der Waals surface area contributed by atoms with Crippen LogP contribution in [0.5, 0.6) is 0 Å². The van der Waals surface area contributed by atoms with Crippen molar-refractivity contribution in [2.24, 2.45) is 0 Å². The van der Waals surface area contributed by atoms with E-state index in [1.165, 1.54) is 29.2 Å². The number of rotatable bonds is 8. The molecule has 1 fully saturated rings. The highest BCUT2D eigenvalue weighted by molar-refractivity contribution is 6.46. The van der Waals surface area contributed by atoms with Gasteiger partial charge in [-0.3, -0.25) is 19.7 Å². The van der Waals surface area contributed by atoms with Crippen molar-refractivity contribution >= 4 is 23.1 Å². The molecule has 0 bridgehead atoms. The van der Waals surface area contributed by atoms with Gasteiger partial charge in [0.15, 0.2) is 0 Å². The third kappa shape index (κ3) is 4.62. The summed E-state index contributed by atoms with van der Waals surface area (Å²) in [7, 11) is 0. The van der Waals surface area contributed by atoms with Crippen LogP contribution in [0.15, 0.2) is 54.1 Å². The number of nitro benzene ring substituents is 1. The molecule has 1 aliphatic rings.